The summed E-state index contributed by atoms with van der Waals surface area (Å²) in [4.78, 5) is 14.1. The van der Waals surface area contributed by atoms with Crippen LogP contribution in [-0.2, 0) is 0 Å². The maximum atomic E-state index is 10.6. The first-order chi connectivity index (χ1) is 5.75. The number of halogens is 1. The Bertz CT molecular complexity index is 441. The van der Waals surface area contributed by atoms with Crippen LogP contribution in [0.5, 0.6) is 0 Å². The van der Waals surface area contributed by atoms with E-state index in [9.17, 15) is 4.79 Å². The van der Waals surface area contributed by atoms with Crippen molar-refractivity contribution >= 4 is 15.9 Å². The van der Waals surface area contributed by atoms with E-state index in [0.29, 0.717) is 10.4 Å². The Morgan fingerprint density at radius 1 is 1.50 bits per heavy atom. The van der Waals surface area contributed by atoms with Crippen LogP contribution in [0.4, 0.5) is 0 Å². The first-order valence-electron chi connectivity index (χ1n) is 3.07. The highest BCUT2D eigenvalue weighted by atomic mass is 79.9. The van der Waals surface area contributed by atoms with Crippen molar-refractivity contribution in [2.24, 2.45) is 0 Å². The standard InChI is InChI=1S/C6H3BrN2O3/c7-4-2-1-3(11-4)5-8-6(10)9-12-5/h1-2H,(H,9,10). The van der Waals surface area contributed by atoms with Crippen LogP contribution < -0.4 is 5.69 Å². The monoisotopic (exact) mass is 230 g/mol. The zero-order valence-corrected chi connectivity index (χ0v) is 7.29. The first-order valence-corrected chi connectivity index (χ1v) is 3.86. The van der Waals surface area contributed by atoms with E-state index in [1.165, 1.54) is 0 Å². The smallest absolute Gasteiger partial charge is 0.377 e. The van der Waals surface area contributed by atoms with Gasteiger partial charge in [0, 0.05) is 0 Å². The molecule has 1 N–H and O–H groups in total. The molecular formula is C6H3BrN2O3. The van der Waals surface area contributed by atoms with Gasteiger partial charge in [-0.05, 0) is 28.1 Å². The summed E-state index contributed by atoms with van der Waals surface area (Å²) in [7, 11) is 0. The van der Waals surface area contributed by atoms with Gasteiger partial charge in [-0.3, -0.25) is 0 Å². The largest absolute Gasteiger partial charge is 0.444 e. The Morgan fingerprint density at radius 2 is 2.33 bits per heavy atom. The van der Waals surface area contributed by atoms with Gasteiger partial charge in [0.05, 0.1) is 0 Å². The van der Waals surface area contributed by atoms with Gasteiger partial charge in [-0.1, -0.05) is 0 Å². The lowest BCUT2D eigenvalue weighted by Crippen LogP contribution is -1.99. The van der Waals surface area contributed by atoms with E-state index < -0.39 is 5.69 Å². The van der Waals surface area contributed by atoms with E-state index in [1.54, 1.807) is 12.1 Å². The molecule has 2 aromatic rings. The molecule has 0 atom stereocenters. The molecule has 0 aromatic carbocycles. The highest BCUT2D eigenvalue weighted by Gasteiger charge is 2.08. The molecule has 5 nitrogen and oxygen atoms in total. The molecule has 62 valence electrons. The van der Waals surface area contributed by atoms with Crippen molar-refractivity contribution in [1.82, 2.24) is 10.1 Å². The van der Waals surface area contributed by atoms with E-state index in [1.807, 2.05) is 0 Å². The van der Waals surface area contributed by atoms with Crippen molar-refractivity contribution in [1.29, 1.82) is 0 Å². The zero-order chi connectivity index (χ0) is 8.55. The Labute approximate surface area is 74.5 Å². The molecule has 0 aliphatic heterocycles. The lowest BCUT2D eigenvalue weighted by molar-refractivity contribution is 0.408. The summed E-state index contributed by atoms with van der Waals surface area (Å²) in [5, 5.41) is 2.06. The zero-order valence-electron chi connectivity index (χ0n) is 5.70. The number of rotatable bonds is 1. The van der Waals surface area contributed by atoms with Gasteiger partial charge < -0.3 is 8.94 Å². The molecule has 2 heterocycles. The fourth-order valence-electron chi connectivity index (χ4n) is 0.764. The predicted molar refractivity (Wildman–Crippen MR) is 42.5 cm³/mol. The van der Waals surface area contributed by atoms with E-state index in [-0.39, 0.29) is 5.89 Å². The van der Waals surface area contributed by atoms with Crippen LogP contribution in [0.25, 0.3) is 11.7 Å². The number of nitrogens with one attached hydrogen (secondary N) is 1. The topological polar surface area (TPSA) is 72.0 Å². The Balaban J connectivity index is 2.50. The molecule has 2 rings (SSSR count). The molecule has 6 heteroatoms. The van der Waals surface area contributed by atoms with Gasteiger partial charge in [0.15, 0.2) is 10.4 Å². The minimum absolute atomic E-state index is 0.144. The van der Waals surface area contributed by atoms with E-state index in [2.05, 4.69) is 26.1 Å². The summed E-state index contributed by atoms with van der Waals surface area (Å²) in [5.74, 6) is 0.547. The van der Waals surface area contributed by atoms with E-state index in [4.69, 9.17) is 8.94 Å². The molecule has 0 radical (unpaired) electrons. The lowest BCUT2D eigenvalue weighted by Gasteiger charge is -1.82. The third kappa shape index (κ3) is 1.20. The van der Waals surface area contributed by atoms with Crippen LogP contribution in [0.1, 0.15) is 0 Å². The van der Waals surface area contributed by atoms with Crippen LogP contribution in [0.15, 0.2) is 30.5 Å². The van der Waals surface area contributed by atoms with Crippen molar-refractivity contribution in [3.8, 4) is 11.7 Å². The average molecular weight is 231 g/mol. The van der Waals surface area contributed by atoms with E-state index in [0.717, 1.165) is 0 Å². The van der Waals surface area contributed by atoms with Gasteiger partial charge in [-0.15, -0.1) is 4.98 Å². The summed E-state index contributed by atoms with van der Waals surface area (Å²) < 4.78 is 10.3. The Kier molecular flexibility index (Phi) is 1.61. The molecule has 0 aliphatic rings. The molecule has 0 unspecified atom stereocenters. The Hall–Kier alpha value is -1.30. The van der Waals surface area contributed by atoms with Crippen molar-refractivity contribution in [3.63, 3.8) is 0 Å². The molecule has 0 aliphatic carbocycles. The number of nitrogens with zero attached hydrogens (tertiary/aromatic N) is 1. The second kappa shape index (κ2) is 2.63. The Morgan fingerprint density at radius 3 is 2.83 bits per heavy atom. The number of aromatic nitrogens is 2. The maximum absolute atomic E-state index is 10.6. The molecule has 2 aromatic heterocycles. The highest BCUT2D eigenvalue weighted by molar-refractivity contribution is 9.10. The van der Waals surface area contributed by atoms with Gasteiger partial charge in [-0.25, -0.2) is 4.79 Å². The second-order valence-electron chi connectivity index (χ2n) is 2.03. The van der Waals surface area contributed by atoms with Gasteiger partial charge in [0.25, 0.3) is 5.89 Å². The first kappa shape index (κ1) is 7.35. The highest BCUT2D eigenvalue weighted by Crippen LogP contribution is 2.21. The lowest BCUT2D eigenvalue weighted by atomic mass is 10.4. The molecule has 12 heavy (non-hydrogen) atoms. The third-order valence-corrected chi connectivity index (χ3v) is 1.65. The summed E-state index contributed by atoms with van der Waals surface area (Å²) >= 11 is 3.11. The maximum Gasteiger partial charge on any atom is 0.377 e. The summed E-state index contributed by atoms with van der Waals surface area (Å²) in [6.07, 6.45) is 0. The normalized spacial score (nSPS) is 10.4. The minimum Gasteiger partial charge on any atom is -0.444 e. The molecule has 0 spiro atoms. The number of H-pyrrole nitrogens is 1. The second-order valence-corrected chi connectivity index (χ2v) is 2.81. The van der Waals surface area contributed by atoms with Crippen molar-refractivity contribution in [2.75, 3.05) is 0 Å². The van der Waals surface area contributed by atoms with Gasteiger partial charge in [-0.2, -0.15) is 5.16 Å². The number of aromatic amines is 1. The van der Waals surface area contributed by atoms with Crippen molar-refractivity contribution < 1.29 is 8.94 Å². The molecule has 0 saturated carbocycles. The predicted octanol–water partition coefficient (Wildman–Crippen LogP) is 1.39. The van der Waals surface area contributed by atoms with Crippen molar-refractivity contribution in [3.05, 3.63) is 27.3 Å². The molecule has 0 amide bonds. The fraction of sp³-hybridized carbons (Fsp3) is 0. The molecule has 0 saturated heterocycles. The van der Waals surface area contributed by atoms with Crippen LogP contribution in [0.2, 0.25) is 0 Å². The number of hydrogen-bond acceptors (Lipinski definition) is 4. The fourth-order valence-corrected chi connectivity index (χ4v) is 1.07. The van der Waals surface area contributed by atoms with Gasteiger partial charge in [0.2, 0.25) is 0 Å². The van der Waals surface area contributed by atoms with Crippen LogP contribution in [0.3, 0.4) is 0 Å². The molecular weight excluding hydrogens is 228 g/mol. The number of hydrogen-bond donors (Lipinski definition) is 1. The van der Waals surface area contributed by atoms with Crippen LogP contribution in [0, 0.1) is 0 Å². The van der Waals surface area contributed by atoms with Gasteiger partial charge >= 0.3 is 5.69 Å². The number of furan rings is 1. The third-order valence-electron chi connectivity index (χ3n) is 1.22. The molecule has 0 fully saturated rings. The molecule has 0 bridgehead atoms. The average Bonchev–Trinajstić information content (AvgIpc) is 2.58. The van der Waals surface area contributed by atoms with Crippen LogP contribution in [-0.4, -0.2) is 10.1 Å². The van der Waals surface area contributed by atoms with Gasteiger partial charge in [0.1, 0.15) is 0 Å². The minimum atomic E-state index is -0.530. The van der Waals surface area contributed by atoms with Crippen molar-refractivity contribution in [2.45, 2.75) is 0 Å². The van der Waals surface area contributed by atoms with E-state index >= 15 is 0 Å². The summed E-state index contributed by atoms with van der Waals surface area (Å²) in [6.45, 7) is 0. The summed E-state index contributed by atoms with van der Waals surface area (Å²) in [6, 6.07) is 3.33. The van der Waals surface area contributed by atoms with Crippen LogP contribution >= 0.6 is 15.9 Å². The summed E-state index contributed by atoms with van der Waals surface area (Å²) in [5.41, 5.74) is -0.530. The quantitative estimate of drug-likeness (QED) is 0.804. The SMILES string of the molecule is O=c1nc(-c2ccc(Br)o2)o[nH]1.